The van der Waals surface area contributed by atoms with E-state index in [1.807, 2.05) is 30.1 Å². The van der Waals surface area contributed by atoms with E-state index in [1.165, 1.54) is 11.8 Å². The average Bonchev–Trinajstić information content (AvgIpc) is 3.17. The third kappa shape index (κ3) is 4.95. The quantitative estimate of drug-likeness (QED) is 0.862. The lowest BCUT2D eigenvalue weighted by molar-refractivity contribution is -0.123. The lowest BCUT2D eigenvalue weighted by Gasteiger charge is -2.32. The molecule has 1 aromatic heterocycles. The fourth-order valence-corrected chi connectivity index (χ4v) is 3.25. The van der Waals surface area contributed by atoms with Gasteiger partial charge in [0.2, 0.25) is 5.91 Å². The Morgan fingerprint density at radius 2 is 1.88 bits per heavy atom. The van der Waals surface area contributed by atoms with Gasteiger partial charge in [0.15, 0.2) is 5.76 Å². The average molecular weight is 355 g/mol. The normalized spacial score (nSPS) is 15.2. The molecule has 0 radical (unpaired) electrons. The lowest BCUT2D eigenvalue weighted by Crippen LogP contribution is -2.48. The second kappa shape index (κ2) is 8.67. The number of carbonyl (C=O) groups is 2. The Morgan fingerprint density at radius 3 is 2.54 bits per heavy atom. The van der Waals surface area contributed by atoms with Gasteiger partial charge in [-0.2, -0.15) is 0 Å². The van der Waals surface area contributed by atoms with Crippen LogP contribution in [0.3, 0.4) is 0 Å². The van der Waals surface area contributed by atoms with Gasteiger partial charge in [-0.05, 0) is 37.6 Å². The second-order valence-electron chi connectivity index (χ2n) is 6.77. The Hall–Kier alpha value is -2.60. The van der Waals surface area contributed by atoms with Crippen LogP contribution in [0.15, 0.2) is 53.1 Å². The standard InChI is InChI=1S/C20H25N3O3/c1-22(14-16-6-3-2-4-7-16)15-19(24)21-17-9-11-23(12-10-17)20(25)18-8-5-13-26-18/h2-8,13,17H,9-12,14-15H2,1H3,(H,21,24). The first-order chi connectivity index (χ1) is 12.6. The van der Waals surface area contributed by atoms with Crippen LogP contribution < -0.4 is 5.32 Å². The molecule has 0 atom stereocenters. The maximum absolute atomic E-state index is 12.3. The summed E-state index contributed by atoms with van der Waals surface area (Å²) in [5.74, 6) is 0.316. The van der Waals surface area contributed by atoms with Crippen molar-refractivity contribution < 1.29 is 14.0 Å². The predicted octanol–water partition coefficient (Wildman–Crippen LogP) is 2.13. The molecule has 2 aromatic rings. The van der Waals surface area contributed by atoms with Crippen molar-refractivity contribution in [3.63, 3.8) is 0 Å². The van der Waals surface area contributed by atoms with Crippen molar-refractivity contribution in [2.45, 2.75) is 25.4 Å². The number of likely N-dealkylation sites (N-methyl/N-ethyl adjacent to an activating group) is 1. The summed E-state index contributed by atoms with van der Waals surface area (Å²) in [7, 11) is 1.94. The van der Waals surface area contributed by atoms with Crippen molar-refractivity contribution in [2.24, 2.45) is 0 Å². The minimum absolute atomic E-state index is 0.0271. The molecule has 6 heteroatoms. The van der Waals surface area contributed by atoms with Gasteiger partial charge < -0.3 is 14.6 Å². The van der Waals surface area contributed by atoms with Crippen molar-refractivity contribution in [1.82, 2.24) is 15.1 Å². The minimum atomic E-state index is -0.0811. The number of furan rings is 1. The van der Waals surface area contributed by atoms with E-state index >= 15 is 0 Å². The van der Waals surface area contributed by atoms with Crippen LogP contribution in [0.5, 0.6) is 0 Å². The number of nitrogens with zero attached hydrogens (tertiary/aromatic N) is 2. The Morgan fingerprint density at radius 1 is 1.15 bits per heavy atom. The van der Waals surface area contributed by atoms with E-state index in [2.05, 4.69) is 17.4 Å². The van der Waals surface area contributed by atoms with Gasteiger partial charge in [-0.1, -0.05) is 30.3 Å². The molecule has 0 aliphatic carbocycles. The highest BCUT2D eigenvalue weighted by Gasteiger charge is 2.25. The van der Waals surface area contributed by atoms with E-state index in [-0.39, 0.29) is 17.9 Å². The van der Waals surface area contributed by atoms with E-state index in [4.69, 9.17) is 4.42 Å². The molecule has 1 fully saturated rings. The Kier molecular flexibility index (Phi) is 6.07. The summed E-state index contributed by atoms with van der Waals surface area (Å²) >= 11 is 0. The zero-order valence-electron chi connectivity index (χ0n) is 15.1. The molecule has 0 bridgehead atoms. The van der Waals surface area contributed by atoms with Crippen LogP contribution in [0, 0.1) is 0 Å². The summed E-state index contributed by atoms with van der Waals surface area (Å²) in [6.45, 7) is 2.36. The molecule has 0 spiro atoms. The zero-order chi connectivity index (χ0) is 18.4. The number of benzene rings is 1. The molecule has 1 N–H and O–H groups in total. The molecule has 1 aliphatic rings. The molecular formula is C20H25N3O3. The van der Waals surface area contributed by atoms with E-state index in [0.717, 1.165) is 19.4 Å². The molecule has 1 saturated heterocycles. The fourth-order valence-electron chi connectivity index (χ4n) is 3.25. The van der Waals surface area contributed by atoms with Crippen LogP contribution in [-0.2, 0) is 11.3 Å². The van der Waals surface area contributed by atoms with Crippen molar-refractivity contribution >= 4 is 11.8 Å². The Labute approximate surface area is 153 Å². The van der Waals surface area contributed by atoms with Gasteiger partial charge in [0.25, 0.3) is 5.91 Å². The van der Waals surface area contributed by atoms with Gasteiger partial charge in [-0.15, -0.1) is 0 Å². The maximum atomic E-state index is 12.3. The Bertz CT molecular complexity index is 707. The summed E-state index contributed by atoms with van der Waals surface area (Å²) in [5, 5.41) is 3.09. The molecule has 3 rings (SSSR count). The highest BCUT2D eigenvalue weighted by atomic mass is 16.3. The van der Waals surface area contributed by atoms with Gasteiger partial charge in [-0.3, -0.25) is 14.5 Å². The van der Waals surface area contributed by atoms with E-state index in [1.54, 1.807) is 17.0 Å². The first-order valence-electron chi connectivity index (χ1n) is 8.96. The molecule has 1 aliphatic heterocycles. The van der Waals surface area contributed by atoms with Gasteiger partial charge in [0.1, 0.15) is 0 Å². The van der Waals surface area contributed by atoms with Crippen LogP contribution in [-0.4, -0.2) is 54.3 Å². The highest BCUT2D eigenvalue weighted by molar-refractivity contribution is 5.91. The predicted molar refractivity (Wildman–Crippen MR) is 98.6 cm³/mol. The Balaban J connectivity index is 1.40. The summed E-state index contributed by atoms with van der Waals surface area (Å²) in [6, 6.07) is 13.6. The molecule has 2 heterocycles. The van der Waals surface area contributed by atoms with Crippen LogP contribution in [0.25, 0.3) is 0 Å². The molecule has 26 heavy (non-hydrogen) atoms. The van der Waals surface area contributed by atoms with Crippen molar-refractivity contribution in [2.75, 3.05) is 26.7 Å². The van der Waals surface area contributed by atoms with Crippen LogP contribution >= 0.6 is 0 Å². The maximum Gasteiger partial charge on any atom is 0.289 e. The summed E-state index contributed by atoms with van der Waals surface area (Å²) in [5.41, 5.74) is 1.19. The highest BCUT2D eigenvalue weighted by Crippen LogP contribution is 2.14. The van der Waals surface area contributed by atoms with Gasteiger partial charge in [-0.25, -0.2) is 0 Å². The van der Waals surface area contributed by atoms with Crippen molar-refractivity contribution in [1.29, 1.82) is 0 Å². The van der Waals surface area contributed by atoms with E-state index in [0.29, 0.717) is 25.4 Å². The van der Waals surface area contributed by atoms with Gasteiger partial charge >= 0.3 is 0 Å². The van der Waals surface area contributed by atoms with Crippen LogP contribution in [0.1, 0.15) is 29.0 Å². The van der Waals surface area contributed by atoms with Crippen molar-refractivity contribution in [3.05, 3.63) is 60.1 Å². The summed E-state index contributed by atoms with van der Waals surface area (Å²) in [4.78, 5) is 28.3. The lowest BCUT2D eigenvalue weighted by atomic mass is 10.0. The van der Waals surface area contributed by atoms with Gasteiger partial charge in [0.05, 0.1) is 12.8 Å². The molecule has 2 amide bonds. The zero-order valence-corrected chi connectivity index (χ0v) is 15.1. The largest absolute Gasteiger partial charge is 0.459 e. The first kappa shape index (κ1) is 18.2. The third-order valence-corrected chi connectivity index (χ3v) is 4.59. The minimum Gasteiger partial charge on any atom is -0.459 e. The SMILES string of the molecule is CN(CC(=O)NC1CCN(C(=O)c2ccco2)CC1)Cc1ccccc1. The van der Waals surface area contributed by atoms with E-state index < -0.39 is 0 Å². The number of hydrogen-bond acceptors (Lipinski definition) is 4. The number of hydrogen-bond donors (Lipinski definition) is 1. The smallest absolute Gasteiger partial charge is 0.289 e. The second-order valence-corrected chi connectivity index (χ2v) is 6.77. The third-order valence-electron chi connectivity index (χ3n) is 4.59. The van der Waals surface area contributed by atoms with Crippen LogP contribution in [0.4, 0.5) is 0 Å². The molecule has 138 valence electrons. The number of amides is 2. The number of rotatable bonds is 6. The van der Waals surface area contributed by atoms with E-state index in [9.17, 15) is 9.59 Å². The number of piperidine rings is 1. The first-order valence-corrected chi connectivity index (χ1v) is 8.96. The van der Waals surface area contributed by atoms with Crippen LogP contribution in [0.2, 0.25) is 0 Å². The molecule has 0 unspecified atom stereocenters. The molecule has 1 aromatic carbocycles. The monoisotopic (exact) mass is 355 g/mol. The molecule has 6 nitrogen and oxygen atoms in total. The fraction of sp³-hybridized carbons (Fsp3) is 0.400. The molecule has 0 saturated carbocycles. The summed E-state index contributed by atoms with van der Waals surface area (Å²) < 4.78 is 5.17. The number of carbonyl (C=O) groups excluding carboxylic acids is 2. The number of nitrogens with one attached hydrogen (secondary N) is 1. The van der Waals surface area contributed by atoms with Crippen molar-refractivity contribution in [3.8, 4) is 0 Å². The topological polar surface area (TPSA) is 65.8 Å². The summed E-state index contributed by atoms with van der Waals surface area (Å²) in [6.07, 6.45) is 3.04. The molecular weight excluding hydrogens is 330 g/mol. The van der Waals surface area contributed by atoms with Gasteiger partial charge in [0, 0.05) is 25.7 Å². The number of likely N-dealkylation sites (tertiary alicyclic amines) is 1.